The second kappa shape index (κ2) is 5.41. The van der Waals surface area contributed by atoms with E-state index in [1.54, 1.807) is 0 Å². The van der Waals surface area contributed by atoms with E-state index in [4.69, 9.17) is 0 Å². The van der Waals surface area contributed by atoms with Gasteiger partial charge in [-0.1, -0.05) is 6.42 Å². The van der Waals surface area contributed by atoms with Crippen LogP contribution in [-0.2, 0) is 6.54 Å². The summed E-state index contributed by atoms with van der Waals surface area (Å²) < 4.78 is 3.17. The van der Waals surface area contributed by atoms with Gasteiger partial charge in [-0.25, -0.2) is 0 Å². The van der Waals surface area contributed by atoms with Gasteiger partial charge in [-0.05, 0) is 60.6 Å². The first-order valence-electron chi connectivity index (χ1n) is 7.09. The average molecular weight is 370 g/mol. The zero-order valence-electron chi connectivity index (χ0n) is 11.0. The molecule has 0 aliphatic heterocycles. The van der Waals surface area contributed by atoms with Gasteiger partial charge in [0.2, 0.25) is 0 Å². The Hall–Kier alpha value is -0.610. The highest BCUT2D eigenvalue weighted by atomic mass is 127. The predicted molar refractivity (Wildman–Crippen MR) is 81.4 cm³/mol. The molecular weight excluding hydrogens is 351 g/mol. The number of rotatable bonds is 5. The van der Waals surface area contributed by atoms with Crippen LogP contribution >= 0.6 is 22.6 Å². The highest BCUT2D eigenvalue weighted by Crippen LogP contribution is 2.40. The fourth-order valence-corrected chi connectivity index (χ4v) is 3.62. The Bertz CT molecular complexity index is 488. The van der Waals surface area contributed by atoms with Crippen molar-refractivity contribution in [2.75, 3.05) is 0 Å². The van der Waals surface area contributed by atoms with Gasteiger partial charge >= 0.3 is 0 Å². The van der Waals surface area contributed by atoms with E-state index in [-0.39, 0.29) is 5.54 Å². The quantitative estimate of drug-likeness (QED) is 0.811. The van der Waals surface area contributed by atoms with Crippen molar-refractivity contribution in [2.24, 2.45) is 5.92 Å². The zero-order chi connectivity index (χ0) is 13.3. The molecule has 4 nitrogen and oxygen atoms in total. The van der Waals surface area contributed by atoms with Crippen LogP contribution < -0.4 is 5.32 Å². The van der Waals surface area contributed by atoms with Crippen molar-refractivity contribution in [1.82, 2.24) is 15.1 Å². The van der Waals surface area contributed by atoms with Crippen LogP contribution in [0.4, 0.5) is 0 Å². The second-order valence-corrected chi connectivity index (χ2v) is 7.05. The molecule has 102 valence electrons. The van der Waals surface area contributed by atoms with Crippen molar-refractivity contribution in [2.45, 2.75) is 56.7 Å². The molecule has 1 N–H and O–H groups in total. The van der Waals surface area contributed by atoms with Crippen LogP contribution in [-0.4, -0.2) is 21.4 Å². The van der Waals surface area contributed by atoms with Gasteiger partial charge in [0, 0.05) is 18.8 Å². The van der Waals surface area contributed by atoms with Crippen molar-refractivity contribution < 1.29 is 0 Å². The topological polar surface area (TPSA) is 53.6 Å². The number of aryl methyl sites for hydroxylation is 1. The Morgan fingerprint density at radius 1 is 1.53 bits per heavy atom. The summed E-state index contributed by atoms with van der Waals surface area (Å²) in [6.45, 7) is 0.920. The van der Waals surface area contributed by atoms with E-state index in [9.17, 15) is 5.26 Å². The van der Waals surface area contributed by atoms with Crippen LogP contribution in [0.2, 0.25) is 0 Å². The number of aromatic nitrogens is 2. The summed E-state index contributed by atoms with van der Waals surface area (Å²) in [7, 11) is 0. The summed E-state index contributed by atoms with van der Waals surface area (Å²) in [5.41, 5.74) is -0.262. The summed E-state index contributed by atoms with van der Waals surface area (Å²) in [6.07, 6.45) is 10.8. The lowest BCUT2D eigenvalue weighted by Crippen LogP contribution is -2.48. The third kappa shape index (κ3) is 2.95. The number of hydrogen-bond acceptors (Lipinski definition) is 3. The minimum Gasteiger partial charge on any atom is -0.296 e. The Morgan fingerprint density at radius 2 is 2.37 bits per heavy atom. The van der Waals surface area contributed by atoms with Crippen molar-refractivity contribution in [1.29, 1.82) is 5.26 Å². The minimum absolute atomic E-state index is 0.262. The molecule has 0 saturated heterocycles. The maximum Gasteiger partial charge on any atom is 0.109 e. The van der Waals surface area contributed by atoms with Crippen molar-refractivity contribution in [3.63, 3.8) is 0 Å². The van der Waals surface area contributed by atoms with Crippen LogP contribution in [0.5, 0.6) is 0 Å². The molecule has 1 aromatic rings. The molecule has 2 unspecified atom stereocenters. The summed E-state index contributed by atoms with van der Waals surface area (Å²) in [4.78, 5) is 0. The van der Waals surface area contributed by atoms with Gasteiger partial charge in [0.25, 0.3) is 0 Å². The molecule has 2 aliphatic carbocycles. The lowest BCUT2D eigenvalue weighted by molar-refractivity contribution is 0.284. The first-order chi connectivity index (χ1) is 9.22. The fraction of sp³-hybridized carbons (Fsp3) is 0.714. The summed E-state index contributed by atoms with van der Waals surface area (Å²) in [5.74, 6) is 0.472. The molecule has 5 heteroatoms. The van der Waals surface area contributed by atoms with Crippen LogP contribution in [0, 0.1) is 20.8 Å². The molecule has 0 spiro atoms. The van der Waals surface area contributed by atoms with Crippen molar-refractivity contribution >= 4 is 22.6 Å². The molecule has 3 rings (SSSR count). The first kappa shape index (κ1) is 13.4. The molecule has 2 fully saturated rings. The predicted octanol–water partition coefficient (Wildman–Crippen LogP) is 2.69. The summed E-state index contributed by atoms with van der Waals surface area (Å²) in [5, 5.41) is 17.6. The molecule has 1 aromatic heterocycles. The van der Waals surface area contributed by atoms with E-state index in [1.165, 1.54) is 29.3 Å². The molecule has 0 radical (unpaired) electrons. The number of hydrogen-bond donors (Lipinski definition) is 1. The zero-order valence-corrected chi connectivity index (χ0v) is 13.1. The van der Waals surface area contributed by atoms with E-state index in [0.29, 0.717) is 12.0 Å². The minimum atomic E-state index is -0.262. The van der Waals surface area contributed by atoms with Crippen molar-refractivity contribution in [3.8, 4) is 6.07 Å². The smallest absolute Gasteiger partial charge is 0.109 e. The molecule has 2 atom stereocenters. The Kier molecular flexibility index (Phi) is 3.81. The molecule has 2 saturated carbocycles. The maximum absolute atomic E-state index is 9.63. The van der Waals surface area contributed by atoms with Crippen molar-refractivity contribution in [3.05, 3.63) is 16.0 Å². The van der Waals surface area contributed by atoms with Crippen LogP contribution in [0.1, 0.15) is 38.5 Å². The Morgan fingerprint density at radius 3 is 3.00 bits per heavy atom. The van der Waals surface area contributed by atoms with Gasteiger partial charge in [-0.3, -0.25) is 10.00 Å². The average Bonchev–Trinajstić information content (AvgIpc) is 2.97. The van der Waals surface area contributed by atoms with Gasteiger partial charge in [0.05, 0.1) is 15.8 Å². The standard InChI is InChI=1S/C14H19IN4/c15-12-8-17-19(9-12)7-5-11-2-1-6-14(11,10-16)18-13-3-4-13/h8-9,11,13,18H,1-7H2. The highest BCUT2D eigenvalue weighted by molar-refractivity contribution is 14.1. The van der Waals surface area contributed by atoms with Crippen LogP contribution in [0.15, 0.2) is 12.4 Å². The Balaban J connectivity index is 1.63. The van der Waals surface area contributed by atoms with E-state index in [1.807, 2.05) is 10.9 Å². The number of nitrogens with zero attached hydrogens (tertiary/aromatic N) is 3. The van der Waals surface area contributed by atoms with Gasteiger partial charge in [0.15, 0.2) is 0 Å². The van der Waals surface area contributed by atoms with Crippen LogP contribution in [0.25, 0.3) is 0 Å². The lowest BCUT2D eigenvalue weighted by atomic mass is 9.85. The summed E-state index contributed by atoms with van der Waals surface area (Å²) >= 11 is 2.28. The maximum atomic E-state index is 9.63. The third-order valence-electron chi connectivity index (χ3n) is 4.37. The van der Waals surface area contributed by atoms with E-state index < -0.39 is 0 Å². The first-order valence-corrected chi connectivity index (χ1v) is 8.17. The second-order valence-electron chi connectivity index (χ2n) is 5.80. The number of nitriles is 1. The van der Waals surface area contributed by atoms with Gasteiger partial charge in [-0.15, -0.1) is 0 Å². The summed E-state index contributed by atoms with van der Waals surface area (Å²) in [6, 6.07) is 3.20. The molecule has 0 aromatic carbocycles. The normalized spacial score (nSPS) is 30.4. The van der Waals surface area contributed by atoms with E-state index in [2.05, 4.69) is 45.3 Å². The lowest BCUT2D eigenvalue weighted by Gasteiger charge is -2.30. The fourth-order valence-electron chi connectivity index (χ4n) is 3.18. The molecule has 19 heavy (non-hydrogen) atoms. The Labute approximate surface area is 127 Å². The monoisotopic (exact) mass is 370 g/mol. The van der Waals surface area contributed by atoms with Gasteiger partial charge < -0.3 is 0 Å². The molecule has 1 heterocycles. The molecule has 0 amide bonds. The third-order valence-corrected chi connectivity index (χ3v) is 4.92. The van der Waals surface area contributed by atoms with E-state index in [0.717, 1.165) is 19.4 Å². The van der Waals surface area contributed by atoms with Gasteiger partial charge in [-0.2, -0.15) is 10.4 Å². The largest absolute Gasteiger partial charge is 0.296 e. The molecular formula is C14H19IN4. The number of halogens is 1. The highest BCUT2D eigenvalue weighted by Gasteiger charge is 2.45. The van der Waals surface area contributed by atoms with E-state index >= 15 is 0 Å². The van der Waals surface area contributed by atoms with Gasteiger partial charge in [0.1, 0.15) is 5.54 Å². The molecule has 0 bridgehead atoms. The number of nitrogens with one attached hydrogen (secondary N) is 1. The SMILES string of the molecule is N#CC1(NC2CC2)CCCC1CCn1cc(I)cn1. The van der Waals surface area contributed by atoms with Crippen LogP contribution in [0.3, 0.4) is 0 Å². The molecule has 2 aliphatic rings.